The molecule has 5 heteroatoms. The van der Waals surface area contributed by atoms with Gasteiger partial charge in [0.1, 0.15) is 6.61 Å². The standard InChI is InChI=1S/C18H29NO3.ClH/c1-5-19(6-2)13-15-21-17(20)18(3,4)22-14-12-16-10-8-7-9-11-16;/h7-11H,5-6,12-15H2,1-4H3;1H. The molecule has 0 spiro atoms. The van der Waals surface area contributed by atoms with Crippen molar-refractivity contribution in [2.24, 2.45) is 0 Å². The summed E-state index contributed by atoms with van der Waals surface area (Å²) >= 11 is 0. The van der Waals surface area contributed by atoms with E-state index in [0.29, 0.717) is 13.2 Å². The van der Waals surface area contributed by atoms with E-state index in [1.54, 1.807) is 13.8 Å². The number of esters is 1. The lowest BCUT2D eigenvalue weighted by Gasteiger charge is -2.24. The molecule has 0 amide bonds. The van der Waals surface area contributed by atoms with Gasteiger partial charge in [0.25, 0.3) is 0 Å². The van der Waals surface area contributed by atoms with E-state index >= 15 is 0 Å². The minimum Gasteiger partial charge on any atom is -0.462 e. The van der Waals surface area contributed by atoms with Gasteiger partial charge in [-0.3, -0.25) is 0 Å². The van der Waals surface area contributed by atoms with Crippen molar-refractivity contribution in [3.63, 3.8) is 0 Å². The summed E-state index contributed by atoms with van der Waals surface area (Å²) < 4.78 is 11.1. The Hall–Kier alpha value is -1.10. The fourth-order valence-electron chi connectivity index (χ4n) is 2.11. The lowest BCUT2D eigenvalue weighted by atomic mass is 10.1. The van der Waals surface area contributed by atoms with E-state index in [-0.39, 0.29) is 18.4 Å². The maximum atomic E-state index is 12.1. The fourth-order valence-corrected chi connectivity index (χ4v) is 2.11. The Morgan fingerprint density at radius 3 is 2.26 bits per heavy atom. The summed E-state index contributed by atoms with van der Waals surface area (Å²) in [6.07, 6.45) is 0.789. The zero-order chi connectivity index (χ0) is 16.4. The second-order valence-corrected chi connectivity index (χ2v) is 5.76. The van der Waals surface area contributed by atoms with Crippen molar-refractivity contribution in [2.45, 2.75) is 39.7 Å². The van der Waals surface area contributed by atoms with Crippen LogP contribution in [0, 0.1) is 0 Å². The predicted octanol–water partition coefficient (Wildman–Crippen LogP) is 3.33. The largest absolute Gasteiger partial charge is 0.462 e. The van der Waals surface area contributed by atoms with Crippen LogP contribution < -0.4 is 0 Å². The number of ether oxygens (including phenoxy) is 2. The number of benzene rings is 1. The Labute approximate surface area is 146 Å². The van der Waals surface area contributed by atoms with Crippen molar-refractivity contribution in [1.82, 2.24) is 4.90 Å². The van der Waals surface area contributed by atoms with Crippen molar-refractivity contribution in [2.75, 3.05) is 32.8 Å². The highest BCUT2D eigenvalue weighted by atomic mass is 35.5. The summed E-state index contributed by atoms with van der Waals surface area (Å²) in [5, 5.41) is 0. The van der Waals surface area contributed by atoms with E-state index < -0.39 is 5.60 Å². The lowest BCUT2D eigenvalue weighted by Crippen LogP contribution is -2.39. The summed E-state index contributed by atoms with van der Waals surface area (Å²) in [6, 6.07) is 10.1. The summed E-state index contributed by atoms with van der Waals surface area (Å²) in [6.45, 7) is 11.3. The maximum Gasteiger partial charge on any atom is 0.337 e. The topological polar surface area (TPSA) is 38.8 Å². The summed E-state index contributed by atoms with van der Waals surface area (Å²) in [4.78, 5) is 14.3. The highest BCUT2D eigenvalue weighted by Gasteiger charge is 2.30. The first kappa shape index (κ1) is 21.9. The molecular weight excluding hydrogens is 314 g/mol. The smallest absolute Gasteiger partial charge is 0.337 e. The molecule has 132 valence electrons. The number of halogens is 1. The number of hydrogen-bond donors (Lipinski definition) is 0. The molecule has 4 nitrogen and oxygen atoms in total. The van der Waals surface area contributed by atoms with Crippen LogP contribution in [0.3, 0.4) is 0 Å². The van der Waals surface area contributed by atoms with Gasteiger partial charge in [0.15, 0.2) is 5.60 Å². The third-order valence-electron chi connectivity index (χ3n) is 3.72. The Bertz CT molecular complexity index is 433. The molecule has 0 heterocycles. The molecule has 1 aromatic carbocycles. The fraction of sp³-hybridized carbons (Fsp3) is 0.611. The highest BCUT2D eigenvalue weighted by Crippen LogP contribution is 2.13. The van der Waals surface area contributed by atoms with Crippen LogP contribution in [0.15, 0.2) is 30.3 Å². The SMILES string of the molecule is CCN(CC)CCOC(=O)C(C)(C)OCCc1ccccc1.Cl. The van der Waals surface area contributed by atoms with Crippen LogP contribution in [0.2, 0.25) is 0 Å². The van der Waals surface area contributed by atoms with E-state index in [9.17, 15) is 4.79 Å². The van der Waals surface area contributed by atoms with Gasteiger partial charge < -0.3 is 14.4 Å². The van der Waals surface area contributed by atoms with E-state index in [1.165, 1.54) is 5.56 Å². The number of hydrogen-bond acceptors (Lipinski definition) is 4. The zero-order valence-electron chi connectivity index (χ0n) is 14.7. The predicted molar refractivity (Wildman–Crippen MR) is 96.2 cm³/mol. The highest BCUT2D eigenvalue weighted by molar-refractivity contribution is 5.85. The molecule has 0 aliphatic heterocycles. The van der Waals surface area contributed by atoms with Gasteiger partial charge in [0.05, 0.1) is 6.61 Å². The van der Waals surface area contributed by atoms with Crippen LogP contribution in [0.5, 0.6) is 0 Å². The molecule has 0 radical (unpaired) electrons. The first-order chi connectivity index (χ1) is 10.5. The Morgan fingerprint density at radius 1 is 1.09 bits per heavy atom. The van der Waals surface area contributed by atoms with E-state index in [1.807, 2.05) is 18.2 Å². The Morgan fingerprint density at radius 2 is 1.70 bits per heavy atom. The third-order valence-corrected chi connectivity index (χ3v) is 3.72. The van der Waals surface area contributed by atoms with Gasteiger partial charge in [-0.25, -0.2) is 4.79 Å². The van der Waals surface area contributed by atoms with Crippen molar-refractivity contribution in [3.8, 4) is 0 Å². The van der Waals surface area contributed by atoms with Crippen LogP contribution >= 0.6 is 12.4 Å². The van der Waals surface area contributed by atoms with Crippen LogP contribution in [0.1, 0.15) is 33.3 Å². The number of nitrogens with zero attached hydrogens (tertiary/aromatic N) is 1. The second kappa shape index (κ2) is 11.4. The first-order valence-electron chi connectivity index (χ1n) is 8.07. The quantitative estimate of drug-likeness (QED) is 0.611. The van der Waals surface area contributed by atoms with Crippen molar-refractivity contribution in [1.29, 1.82) is 0 Å². The molecular formula is C18H30ClNO3. The number of carbonyl (C=O) groups excluding carboxylic acids is 1. The Kier molecular flexibility index (Phi) is 10.9. The van der Waals surface area contributed by atoms with Gasteiger partial charge in [-0.15, -0.1) is 12.4 Å². The van der Waals surface area contributed by atoms with Crippen LogP contribution in [-0.4, -0.2) is 49.3 Å². The van der Waals surface area contributed by atoms with Crippen molar-refractivity contribution in [3.05, 3.63) is 35.9 Å². The maximum absolute atomic E-state index is 12.1. The minimum absolute atomic E-state index is 0. The van der Waals surface area contributed by atoms with Crippen LogP contribution in [-0.2, 0) is 20.7 Å². The second-order valence-electron chi connectivity index (χ2n) is 5.76. The minimum atomic E-state index is -0.905. The van der Waals surface area contributed by atoms with Crippen molar-refractivity contribution < 1.29 is 14.3 Å². The van der Waals surface area contributed by atoms with Gasteiger partial charge in [-0.2, -0.15) is 0 Å². The average Bonchev–Trinajstić information content (AvgIpc) is 2.52. The number of rotatable bonds is 10. The van der Waals surface area contributed by atoms with Crippen LogP contribution in [0.25, 0.3) is 0 Å². The normalized spacial score (nSPS) is 11.2. The molecule has 23 heavy (non-hydrogen) atoms. The molecule has 0 fully saturated rings. The summed E-state index contributed by atoms with van der Waals surface area (Å²) in [5.41, 5.74) is 0.297. The third kappa shape index (κ3) is 8.35. The molecule has 0 atom stereocenters. The average molecular weight is 344 g/mol. The van der Waals surface area contributed by atoms with E-state index in [2.05, 4.69) is 30.9 Å². The zero-order valence-corrected chi connectivity index (χ0v) is 15.5. The molecule has 0 aromatic heterocycles. The van der Waals surface area contributed by atoms with Gasteiger partial charge in [0.2, 0.25) is 0 Å². The molecule has 0 saturated heterocycles. The van der Waals surface area contributed by atoms with Gasteiger partial charge >= 0.3 is 5.97 Å². The molecule has 0 aliphatic carbocycles. The number of carbonyl (C=O) groups is 1. The molecule has 1 aromatic rings. The molecule has 0 saturated carbocycles. The summed E-state index contributed by atoms with van der Waals surface area (Å²) in [5.74, 6) is -0.298. The van der Waals surface area contributed by atoms with E-state index in [0.717, 1.165) is 26.1 Å². The van der Waals surface area contributed by atoms with Gasteiger partial charge in [0, 0.05) is 6.54 Å². The van der Waals surface area contributed by atoms with Gasteiger partial charge in [-0.1, -0.05) is 44.2 Å². The van der Waals surface area contributed by atoms with E-state index in [4.69, 9.17) is 9.47 Å². The summed E-state index contributed by atoms with van der Waals surface area (Å²) in [7, 11) is 0. The van der Waals surface area contributed by atoms with Crippen molar-refractivity contribution >= 4 is 18.4 Å². The number of likely N-dealkylation sites (N-methyl/N-ethyl adjacent to an activating group) is 1. The first-order valence-corrected chi connectivity index (χ1v) is 8.07. The molecule has 0 N–H and O–H groups in total. The van der Waals surface area contributed by atoms with Crippen LogP contribution in [0.4, 0.5) is 0 Å². The molecule has 0 aliphatic rings. The molecule has 0 bridgehead atoms. The molecule has 1 rings (SSSR count). The molecule has 0 unspecified atom stereocenters. The van der Waals surface area contributed by atoms with Gasteiger partial charge in [-0.05, 0) is 38.9 Å². The Balaban J connectivity index is 0.00000484. The lowest BCUT2D eigenvalue weighted by molar-refractivity contribution is -0.168. The monoisotopic (exact) mass is 343 g/mol.